The summed E-state index contributed by atoms with van der Waals surface area (Å²) in [5, 5.41) is 3.12. The van der Waals surface area contributed by atoms with Crippen molar-refractivity contribution in [3.8, 4) is 0 Å². The average molecular weight is 261 g/mol. The fourth-order valence-electron chi connectivity index (χ4n) is 1.93. The number of nitrogens with zero attached hydrogens (tertiary/aromatic N) is 2. The Morgan fingerprint density at radius 3 is 2.89 bits per heavy atom. The molecule has 96 valence electrons. The van der Waals surface area contributed by atoms with Crippen LogP contribution in [0.4, 0.5) is 5.82 Å². The van der Waals surface area contributed by atoms with Gasteiger partial charge in [-0.2, -0.15) is 0 Å². The highest BCUT2D eigenvalue weighted by atomic mass is 32.1. The van der Waals surface area contributed by atoms with Gasteiger partial charge in [0.1, 0.15) is 5.82 Å². The summed E-state index contributed by atoms with van der Waals surface area (Å²) in [4.78, 5) is 6.61. The lowest BCUT2D eigenvalue weighted by Crippen LogP contribution is -2.22. The van der Waals surface area contributed by atoms with Gasteiger partial charge in [-0.25, -0.2) is 4.98 Å². The third-order valence-corrected chi connectivity index (χ3v) is 4.07. The number of nitrogen functional groups attached to an aromatic ring is 1. The molecule has 18 heavy (non-hydrogen) atoms. The predicted octanol–water partition coefficient (Wildman–Crippen LogP) is 3.23. The van der Waals surface area contributed by atoms with Crippen LogP contribution in [0.25, 0.3) is 16.2 Å². The monoisotopic (exact) mass is 261 g/mol. The zero-order valence-electron chi connectivity index (χ0n) is 10.9. The van der Waals surface area contributed by atoms with Crippen LogP contribution in [-0.4, -0.2) is 29.5 Å². The Kier molecular flexibility index (Phi) is 4.33. The molecule has 2 rings (SSSR count). The molecule has 0 fully saturated rings. The Labute approximate surface area is 112 Å². The smallest absolute Gasteiger partial charge is 0.132 e. The van der Waals surface area contributed by atoms with Gasteiger partial charge >= 0.3 is 0 Å². The summed E-state index contributed by atoms with van der Waals surface area (Å²) in [5.74, 6) is 0.618. The molecule has 0 unspecified atom stereocenters. The second kappa shape index (κ2) is 5.98. The van der Waals surface area contributed by atoms with Crippen molar-refractivity contribution in [1.29, 1.82) is 0 Å². The topological polar surface area (TPSA) is 42.2 Å². The maximum Gasteiger partial charge on any atom is 0.132 e. The van der Waals surface area contributed by atoms with Crippen LogP contribution < -0.4 is 5.73 Å². The van der Waals surface area contributed by atoms with Gasteiger partial charge in [0.15, 0.2) is 0 Å². The first-order chi connectivity index (χ1) is 8.76. The minimum atomic E-state index is 0.618. The number of hydrogen-bond acceptors (Lipinski definition) is 4. The SMILES string of the molecule is CCN(CC)C/C=C/c1cnc(N)c2ccsc12. The van der Waals surface area contributed by atoms with Crippen LogP contribution >= 0.6 is 11.3 Å². The number of fused-ring (bicyclic) bond motifs is 1. The summed E-state index contributed by atoms with van der Waals surface area (Å²) in [6.45, 7) is 7.49. The van der Waals surface area contributed by atoms with Gasteiger partial charge in [-0.3, -0.25) is 0 Å². The fraction of sp³-hybridized carbons (Fsp3) is 0.357. The molecule has 2 N–H and O–H groups in total. The number of rotatable bonds is 5. The lowest BCUT2D eigenvalue weighted by molar-refractivity contribution is 0.338. The normalized spacial score (nSPS) is 11.9. The summed E-state index contributed by atoms with van der Waals surface area (Å²) in [6, 6.07) is 2.03. The van der Waals surface area contributed by atoms with E-state index in [1.807, 2.05) is 12.3 Å². The van der Waals surface area contributed by atoms with E-state index in [0.717, 1.165) is 30.6 Å². The molecule has 0 saturated carbocycles. The second-order valence-corrected chi connectivity index (χ2v) is 5.07. The number of hydrogen-bond donors (Lipinski definition) is 1. The van der Waals surface area contributed by atoms with Gasteiger partial charge in [0, 0.05) is 28.4 Å². The second-order valence-electron chi connectivity index (χ2n) is 4.15. The number of aromatic nitrogens is 1. The van der Waals surface area contributed by atoms with Crippen molar-refractivity contribution in [3.05, 3.63) is 29.3 Å². The van der Waals surface area contributed by atoms with E-state index in [1.165, 1.54) is 4.70 Å². The molecular weight excluding hydrogens is 242 g/mol. The molecule has 0 aliphatic rings. The first-order valence-electron chi connectivity index (χ1n) is 6.26. The Bertz CT molecular complexity index is 541. The first-order valence-corrected chi connectivity index (χ1v) is 7.14. The van der Waals surface area contributed by atoms with Gasteiger partial charge in [-0.15, -0.1) is 11.3 Å². The lowest BCUT2D eigenvalue weighted by Gasteiger charge is -2.14. The molecule has 2 aromatic rings. The van der Waals surface area contributed by atoms with Gasteiger partial charge in [0.2, 0.25) is 0 Å². The molecule has 0 aromatic carbocycles. The van der Waals surface area contributed by atoms with E-state index < -0.39 is 0 Å². The maximum absolute atomic E-state index is 5.85. The zero-order valence-corrected chi connectivity index (χ0v) is 11.7. The van der Waals surface area contributed by atoms with E-state index in [-0.39, 0.29) is 0 Å². The number of anilines is 1. The zero-order chi connectivity index (χ0) is 13.0. The van der Waals surface area contributed by atoms with Crippen molar-refractivity contribution in [1.82, 2.24) is 9.88 Å². The van der Waals surface area contributed by atoms with Crippen molar-refractivity contribution >= 4 is 33.3 Å². The molecule has 0 bridgehead atoms. The molecule has 0 aliphatic heterocycles. The third kappa shape index (κ3) is 2.71. The minimum absolute atomic E-state index is 0.618. The average Bonchev–Trinajstić information content (AvgIpc) is 2.87. The predicted molar refractivity (Wildman–Crippen MR) is 80.9 cm³/mol. The molecule has 0 atom stereocenters. The highest BCUT2D eigenvalue weighted by Crippen LogP contribution is 2.28. The van der Waals surface area contributed by atoms with Crippen LogP contribution in [0.3, 0.4) is 0 Å². The van der Waals surface area contributed by atoms with Crippen molar-refractivity contribution in [2.45, 2.75) is 13.8 Å². The quantitative estimate of drug-likeness (QED) is 0.898. The van der Waals surface area contributed by atoms with Crippen molar-refractivity contribution in [2.24, 2.45) is 0 Å². The molecule has 2 aromatic heterocycles. The lowest BCUT2D eigenvalue weighted by atomic mass is 10.2. The van der Waals surface area contributed by atoms with Crippen LogP contribution in [0.5, 0.6) is 0 Å². The van der Waals surface area contributed by atoms with Crippen LogP contribution in [-0.2, 0) is 0 Å². The minimum Gasteiger partial charge on any atom is -0.383 e. The summed E-state index contributed by atoms with van der Waals surface area (Å²) >= 11 is 1.71. The van der Waals surface area contributed by atoms with E-state index in [4.69, 9.17) is 5.73 Å². The van der Waals surface area contributed by atoms with Crippen molar-refractivity contribution in [3.63, 3.8) is 0 Å². The maximum atomic E-state index is 5.85. The van der Waals surface area contributed by atoms with Crippen LogP contribution in [0.1, 0.15) is 19.4 Å². The van der Waals surface area contributed by atoms with Gasteiger partial charge in [-0.05, 0) is 24.5 Å². The molecule has 0 aliphatic carbocycles. The molecule has 0 saturated heterocycles. The van der Waals surface area contributed by atoms with Crippen LogP contribution in [0, 0.1) is 0 Å². The van der Waals surface area contributed by atoms with Crippen LogP contribution in [0.2, 0.25) is 0 Å². The van der Waals surface area contributed by atoms with Crippen molar-refractivity contribution < 1.29 is 0 Å². The summed E-state index contributed by atoms with van der Waals surface area (Å²) in [5.41, 5.74) is 7.01. The van der Waals surface area contributed by atoms with Gasteiger partial charge in [-0.1, -0.05) is 26.0 Å². The van der Waals surface area contributed by atoms with E-state index >= 15 is 0 Å². The number of nitrogens with two attached hydrogens (primary N) is 1. The van der Waals surface area contributed by atoms with E-state index in [0.29, 0.717) is 5.82 Å². The highest BCUT2D eigenvalue weighted by molar-refractivity contribution is 7.17. The molecule has 0 amide bonds. The molecule has 0 radical (unpaired) electrons. The standard InChI is InChI=1S/C14H19N3S/c1-3-17(4-2)8-5-6-11-10-16-14(15)12-7-9-18-13(11)12/h5-7,9-10H,3-4,8H2,1-2H3,(H2,15,16)/b6-5+. The summed E-state index contributed by atoms with van der Waals surface area (Å²) in [7, 11) is 0. The largest absolute Gasteiger partial charge is 0.383 e. The van der Waals surface area contributed by atoms with E-state index in [1.54, 1.807) is 11.3 Å². The molecule has 0 spiro atoms. The Morgan fingerprint density at radius 2 is 2.17 bits per heavy atom. The fourth-order valence-corrected chi connectivity index (χ4v) is 2.83. The number of pyridine rings is 1. The van der Waals surface area contributed by atoms with Crippen molar-refractivity contribution in [2.75, 3.05) is 25.4 Å². The third-order valence-electron chi connectivity index (χ3n) is 3.10. The van der Waals surface area contributed by atoms with E-state index in [9.17, 15) is 0 Å². The van der Waals surface area contributed by atoms with Gasteiger partial charge in [0.25, 0.3) is 0 Å². The highest BCUT2D eigenvalue weighted by Gasteiger charge is 2.04. The molecule has 4 heteroatoms. The van der Waals surface area contributed by atoms with Gasteiger partial charge < -0.3 is 10.6 Å². The summed E-state index contributed by atoms with van der Waals surface area (Å²) < 4.78 is 1.22. The number of thiophene rings is 1. The Hall–Kier alpha value is -1.39. The molecule has 3 nitrogen and oxygen atoms in total. The van der Waals surface area contributed by atoms with Gasteiger partial charge in [0.05, 0.1) is 0 Å². The Balaban J connectivity index is 2.19. The molecule has 2 heterocycles. The molecular formula is C14H19N3S. The van der Waals surface area contributed by atoms with Crippen LogP contribution in [0.15, 0.2) is 23.7 Å². The van der Waals surface area contributed by atoms with E-state index in [2.05, 4.69) is 41.3 Å². The summed E-state index contributed by atoms with van der Waals surface area (Å²) in [6.07, 6.45) is 6.19. The number of likely N-dealkylation sites (N-methyl/N-ethyl adjacent to an activating group) is 1. The first kappa shape index (κ1) is 13.1. The Morgan fingerprint density at radius 1 is 1.39 bits per heavy atom.